The Morgan fingerprint density at radius 1 is 1.16 bits per heavy atom. The van der Waals surface area contributed by atoms with E-state index in [1.807, 2.05) is 0 Å². The summed E-state index contributed by atoms with van der Waals surface area (Å²) in [6.45, 7) is 4.85. The number of Topliss-reactive ketones (excluding diaryl/α,β-unsaturated/α-hetero) is 1. The molecule has 0 radical (unpaired) electrons. The Labute approximate surface area is 109 Å². The smallest absolute Gasteiger partial charge is 0.294 e. The molecule has 4 heteroatoms. The fourth-order valence-corrected chi connectivity index (χ4v) is 1.49. The van der Waals surface area contributed by atoms with Crippen LogP contribution in [0.15, 0.2) is 55.1 Å². The van der Waals surface area contributed by atoms with Crippen molar-refractivity contribution in [3.8, 4) is 0 Å². The fourth-order valence-electron chi connectivity index (χ4n) is 1.49. The van der Waals surface area contributed by atoms with Gasteiger partial charge < -0.3 is 0 Å². The Hall–Kier alpha value is -2.10. The predicted molar refractivity (Wildman–Crippen MR) is 69.4 cm³/mol. The molecule has 0 heterocycles. The molecule has 19 heavy (non-hydrogen) atoms. The van der Waals surface area contributed by atoms with Crippen LogP contribution < -0.4 is 0 Å². The van der Waals surface area contributed by atoms with E-state index >= 15 is 0 Å². The standard InChI is InChI=1S/C15H13F3O/c1-3-4-5-6-14(11(2)19)12-7-9-13(10-8-12)15(16,17)18/h3-10H,1H2,2H3. The molecule has 1 aromatic carbocycles. The summed E-state index contributed by atoms with van der Waals surface area (Å²) >= 11 is 0. The van der Waals surface area contributed by atoms with Crippen molar-refractivity contribution in [3.63, 3.8) is 0 Å². The van der Waals surface area contributed by atoms with E-state index in [0.29, 0.717) is 11.1 Å². The average molecular weight is 266 g/mol. The highest BCUT2D eigenvalue weighted by atomic mass is 19.4. The first-order chi connectivity index (χ1) is 8.86. The minimum atomic E-state index is -4.37. The lowest BCUT2D eigenvalue weighted by Gasteiger charge is -2.08. The van der Waals surface area contributed by atoms with Crippen LogP contribution in [-0.4, -0.2) is 5.78 Å². The molecular weight excluding hydrogens is 253 g/mol. The van der Waals surface area contributed by atoms with Crippen molar-refractivity contribution >= 4 is 11.4 Å². The van der Waals surface area contributed by atoms with Gasteiger partial charge in [-0.2, -0.15) is 13.2 Å². The summed E-state index contributed by atoms with van der Waals surface area (Å²) in [5.74, 6) is -0.214. The average Bonchev–Trinajstić information content (AvgIpc) is 2.33. The van der Waals surface area contributed by atoms with Gasteiger partial charge in [-0.05, 0) is 24.6 Å². The number of allylic oxidation sites excluding steroid dienone is 5. The fraction of sp³-hybridized carbons (Fsp3) is 0.133. The van der Waals surface area contributed by atoms with Crippen molar-refractivity contribution in [1.82, 2.24) is 0 Å². The highest BCUT2D eigenvalue weighted by Gasteiger charge is 2.30. The van der Waals surface area contributed by atoms with Crippen LogP contribution in [0.1, 0.15) is 18.1 Å². The Morgan fingerprint density at radius 3 is 2.16 bits per heavy atom. The van der Waals surface area contributed by atoms with Crippen LogP contribution in [0.3, 0.4) is 0 Å². The number of carbonyl (C=O) groups is 1. The molecule has 0 saturated heterocycles. The molecule has 0 aliphatic heterocycles. The zero-order valence-corrected chi connectivity index (χ0v) is 10.4. The monoisotopic (exact) mass is 266 g/mol. The number of halogens is 3. The number of rotatable bonds is 4. The first-order valence-corrected chi connectivity index (χ1v) is 5.54. The number of alkyl halides is 3. The van der Waals surface area contributed by atoms with Gasteiger partial charge in [0.2, 0.25) is 0 Å². The summed E-state index contributed by atoms with van der Waals surface area (Å²) in [6.07, 6.45) is 1.96. The number of ketones is 1. The molecule has 0 aliphatic carbocycles. The second-order valence-electron chi connectivity index (χ2n) is 3.83. The van der Waals surface area contributed by atoms with E-state index in [1.165, 1.54) is 19.1 Å². The van der Waals surface area contributed by atoms with E-state index < -0.39 is 11.7 Å². The number of hydrogen-bond donors (Lipinski definition) is 0. The summed E-state index contributed by atoms with van der Waals surface area (Å²) < 4.78 is 37.3. The minimum Gasteiger partial charge on any atom is -0.294 e. The van der Waals surface area contributed by atoms with Gasteiger partial charge in [0.05, 0.1) is 5.56 Å². The van der Waals surface area contributed by atoms with Crippen molar-refractivity contribution in [2.75, 3.05) is 0 Å². The van der Waals surface area contributed by atoms with Crippen molar-refractivity contribution in [3.05, 3.63) is 66.3 Å². The molecule has 0 unspecified atom stereocenters. The molecule has 0 atom stereocenters. The lowest BCUT2D eigenvalue weighted by Crippen LogP contribution is -2.05. The molecule has 0 N–H and O–H groups in total. The van der Waals surface area contributed by atoms with Crippen LogP contribution >= 0.6 is 0 Å². The second-order valence-corrected chi connectivity index (χ2v) is 3.83. The summed E-state index contributed by atoms with van der Waals surface area (Å²) in [4.78, 5) is 11.5. The summed E-state index contributed by atoms with van der Waals surface area (Å²) in [5, 5.41) is 0. The Bertz CT molecular complexity index is 519. The maximum atomic E-state index is 12.4. The van der Waals surface area contributed by atoms with Crippen molar-refractivity contribution < 1.29 is 18.0 Å². The lowest BCUT2D eigenvalue weighted by atomic mass is 10.0. The summed E-state index contributed by atoms with van der Waals surface area (Å²) in [5.41, 5.74) is 0.0711. The van der Waals surface area contributed by atoms with Crippen molar-refractivity contribution in [2.45, 2.75) is 13.1 Å². The second kappa shape index (κ2) is 6.18. The number of hydrogen-bond acceptors (Lipinski definition) is 1. The molecule has 0 bridgehead atoms. The van der Waals surface area contributed by atoms with E-state index in [-0.39, 0.29) is 5.78 Å². The molecule has 0 fully saturated rings. The topological polar surface area (TPSA) is 17.1 Å². The van der Waals surface area contributed by atoms with Gasteiger partial charge in [-0.1, -0.05) is 43.0 Å². The van der Waals surface area contributed by atoms with E-state index in [4.69, 9.17) is 0 Å². The third-order valence-corrected chi connectivity index (χ3v) is 2.41. The number of carbonyl (C=O) groups excluding carboxylic acids is 1. The normalized spacial score (nSPS) is 12.7. The van der Waals surface area contributed by atoms with Crippen LogP contribution in [0.25, 0.3) is 5.57 Å². The maximum Gasteiger partial charge on any atom is 0.416 e. The first kappa shape index (κ1) is 15.0. The minimum absolute atomic E-state index is 0.214. The van der Waals surface area contributed by atoms with Crippen LogP contribution in [0.2, 0.25) is 0 Å². The van der Waals surface area contributed by atoms with Gasteiger partial charge in [0, 0.05) is 5.57 Å². The Morgan fingerprint density at radius 2 is 1.74 bits per heavy atom. The SMILES string of the molecule is C=CC=CC=C(C(C)=O)c1ccc(C(F)(F)F)cc1. The summed E-state index contributed by atoms with van der Waals surface area (Å²) in [7, 11) is 0. The zero-order valence-electron chi connectivity index (χ0n) is 10.4. The van der Waals surface area contributed by atoms with Crippen molar-refractivity contribution in [1.29, 1.82) is 0 Å². The van der Waals surface area contributed by atoms with Gasteiger partial charge in [0.15, 0.2) is 5.78 Å². The van der Waals surface area contributed by atoms with Gasteiger partial charge >= 0.3 is 6.18 Å². The van der Waals surface area contributed by atoms with E-state index in [1.54, 1.807) is 24.3 Å². The zero-order chi connectivity index (χ0) is 14.5. The molecule has 0 spiro atoms. The first-order valence-electron chi connectivity index (χ1n) is 5.54. The molecule has 0 amide bonds. The molecule has 0 aliphatic rings. The van der Waals surface area contributed by atoms with Crippen LogP contribution in [0.5, 0.6) is 0 Å². The van der Waals surface area contributed by atoms with Gasteiger partial charge in [-0.25, -0.2) is 0 Å². The largest absolute Gasteiger partial charge is 0.416 e. The van der Waals surface area contributed by atoms with Gasteiger partial charge in [-0.3, -0.25) is 4.79 Å². The third kappa shape index (κ3) is 4.25. The number of benzene rings is 1. The molecular formula is C15H13F3O. The molecule has 100 valence electrons. The molecule has 1 rings (SSSR count). The van der Waals surface area contributed by atoms with Gasteiger partial charge in [0.25, 0.3) is 0 Å². The molecule has 0 saturated carbocycles. The van der Waals surface area contributed by atoms with Crippen LogP contribution in [0.4, 0.5) is 13.2 Å². The lowest BCUT2D eigenvalue weighted by molar-refractivity contribution is -0.137. The quantitative estimate of drug-likeness (QED) is 0.582. The highest BCUT2D eigenvalue weighted by Crippen LogP contribution is 2.30. The van der Waals surface area contributed by atoms with Crippen molar-refractivity contribution in [2.24, 2.45) is 0 Å². The van der Waals surface area contributed by atoms with Gasteiger partial charge in [0.1, 0.15) is 0 Å². The van der Waals surface area contributed by atoms with E-state index in [0.717, 1.165) is 12.1 Å². The Balaban J connectivity index is 3.12. The third-order valence-electron chi connectivity index (χ3n) is 2.41. The molecule has 1 nitrogen and oxygen atoms in total. The van der Waals surface area contributed by atoms with Crippen LogP contribution in [-0.2, 0) is 11.0 Å². The van der Waals surface area contributed by atoms with E-state index in [2.05, 4.69) is 6.58 Å². The van der Waals surface area contributed by atoms with Gasteiger partial charge in [-0.15, -0.1) is 0 Å². The summed E-state index contributed by atoms with van der Waals surface area (Å²) in [6, 6.07) is 4.50. The predicted octanol–water partition coefficient (Wildman–Crippen LogP) is 4.42. The van der Waals surface area contributed by atoms with E-state index in [9.17, 15) is 18.0 Å². The maximum absolute atomic E-state index is 12.4. The molecule has 0 aromatic heterocycles. The molecule has 1 aromatic rings. The highest BCUT2D eigenvalue weighted by molar-refractivity contribution is 6.19. The van der Waals surface area contributed by atoms with Crippen LogP contribution in [0, 0.1) is 0 Å². The Kier molecular flexibility index (Phi) is 4.87.